The Kier molecular flexibility index (Phi) is 9.49. The van der Waals surface area contributed by atoms with E-state index in [0.717, 1.165) is 6.07 Å². The number of nitrogens with one attached hydrogen (secondary N) is 1. The van der Waals surface area contributed by atoms with Crippen molar-refractivity contribution in [3.05, 3.63) is 99.9 Å². The van der Waals surface area contributed by atoms with Crippen LogP contribution in [0.25, 0.3) is 0 Å². The van der Waals surface area contributed by atoms with Gasteiger partial charge in [-0.25, -0.2) is 4.39 Å². The number of nitrogens with zero attached hydrogens (tertiary/aromatic N) is 2. The van der Waals surface area contributed by atoms with Crippen LogP contribution in [0.5, 0.6) is 0 Å². The van der Waals surface area contributed by atoms with E-state index in [1.807, 2.05) is 0 Å². The lowest BCUT2D eigenvalue weighted by Crippen LogP contribution is -2.46. The van der Waals surface area contributed by atoms with Gasteiger partial charge in [-0.1, -0.05) is 42.5 Å². The third-order valence-electron chi connectivity index (χ3n) is 8.92. The zero-order chi connectivity index (χ0) is 33.4. The van der Waals surface area contributed by atoms with Crippen LogP contribution in [0.2, 0.25) is 0 Å². The zero-order valence-corrected chi connectivity index (χ0v) is 25.3. The highest BCUT2D eigenvalue weighted by Gasteiger charge is 2.46. The second-order valence-electron chi connectivity index (χ2n) is 12.1. The van der Waals surface area contributed by atoms with E-state index < -0.39 is 53.5 Å². The van der Waals surface area contributed by atoms with Crippen LogP contribution in [0.15, 0.2) is 60.7 Å². The Balaban J connectivity index is 1.47. The fraction of sp³-hybridized carbons (Fsp3) is 0.412. The Hall–Kier alpha value is -3.93. The number of piperidine rings is 1. The molecule has 3 aromatic carbocycles. The molecule has 0 spiro atoms. The second-order valence-corrected chi connectivity index (χ2v) is 12.1. The lowest BCUT2D eigenvalue weighted by atomic mass is 9.83. The zero-order valence-electron chi connectivity index (χ0n) is 25.3. The standard InChI is InChI=1S/C34H34F7N3O2/c1-20-10-15-24(18-26(20)33(36,37)38)42-31(45)25-7-4-17-44(32(46)29-21(2)6-3-8-27(29)35)30(25)23-13-11-22(12-14-23)19-43-16-5-9-28(43)34(39,40)41/h3,6,8,10-15,18,25,28,30H,4-5,7,9,16-17,19H2,1-2H3,(H,42,45)/t25-,28?,30-/m0/s1. The van der Waals surface area contributed by atoms with Crippen molar-refractivity contribution in [3.8, 4) is 0 Å². The van der Waals surface area contributed by atoms with Crippen LogP contribution in [0, 0.1) is 25.6 Å². The van der Waals surface area contributed by atoms with E-state index >= 15 is 0 Å². The summed E-state index contributed by atoms with van der Waals surface area (Å²) < 4.78 is 96.2. The van der Waals surface area contributed by atoms with Gasteiger partial charge in [0.05, 0.1) is 23.1 Å². The molecule has 0 radical (unpaired) electrons. The summed E-state index contributed by atoms with van der Waals surface area (Å²) in [6, 6.07) is 11.9. The Morgan fingerprint density at radius 3 is 2.22 bits per heavy atom. The van der Waals surface area contributed by atoms with Gasteiger partial charge >= 0.3 is 12.4 Å². The summed E-state index contributed by atoms with van der Waals surface area (Å²) in [6.07, 6.45) is -7.85. The maximum Gasteiger partial charge on any atom is 0.416 e. The third-order valence-corrected chi connectivity index (χ3v) is 8.92. The number of aryl methyl sites for hydroxylation is 2. The van der Waals surface area contributed by atoms with Gasteiger partial charge in [0.1, 0.15) is 11.9 Å². The van der Waals surface area contributed by atoms with Crippen LogP contribution >= 0.6 is 0 Å². The molecule has 0 aromatic heterocycles. The van der Waals surface area contributed by atoms with Crippen molar-refractivity contribution in [2.24, 2.45) is 5.92 Å². The molecule has 2 amide bonds. The van der Waals surface area contributed by atoms with Crippen LogP contribution in [-0.2, 0) is 17.5 Å². The molecule has 1 unspecified atom stereocenters. The minimum Gasteiger partial charge on any atom is -0.331 e. The number of carbonyl (C=O) groups is 2. The van der Waals surface area contributed by atoms with E-state index in [4.69, 9.17) is 0 Å². The first-order chi connectivity index (χ1) is 21.6. The molecule has 2 saturated heterocycles. The first-order valence-electron chi connectivity index (χ1n) is 15.1. The Labute approximate surface area is 262 Å². The summed E-state index contributed by atoms with van der Waals surface area (Å²) in [5.74, 6) is -2.89. The molecule has 12 heteroatoms. The summed E-state index contributed by atoms with van der Waals surface area (Å²) in [4.78, 5) is 30.4. The van der Waals surface area contributed by atoms with Gasteiger partial charge in [0.2, 0.25) is 5.91 Å². The summed E-state index contributed by atoms with van der Waals surface area (Å²) >= 11 is 0. The highest BCUT2D eigenvalue weighted by Crippen LogP contribution is 2.40. The highest BCUT2D eigenvalue weighted by molar-refractivity contribution is 5.98. The predicted molar refractivity (Wildman–Crippen MR) is 158 cm³/mol. The van der Waals surface area contributed by atoms with Gasteiger partial charge in [0.25, 0.3) is 5.91 Å². The van der Waals surface area contributed by atoms with Crippen molar-refractivity contribution in [1.29, 1.82) is 0 Å². The number of hydrogen-bond acceptors (Lipinski definition) is 3. The monoisotopic (exact) mass is 649 g/mol. The number of anilines is 1. The molecule has 2 aliphatic rings. The van der Waals surface area contributed by atoms with E-state index in [1.165, 1.54) is 41.0 Å². The van der Waals surface area contributed by atoms with Crippen LogP contribution in [0.4, 0.5) is 36.4 Å². The van der Waals surface area contributed by atoms with Crippen LogP contribution in [-0.4, -0.2) is 46.9 Å². The van der Waals surface area contributed by atoms with Crippen molar-refractivity contribution in [2.45, 2.75) is 70.5 Å². The molecule has 0 saturated carbocycles. The van der Waals surface area contributed by atoms with Gasteiger partial charge in [0, 0.05) is 18.8 Å². The smallest absolute Gasteiger partial charge is 0.331 e. The van der Waals surface area contributed by atoms with Gasteiger partial charge in [-0.2, -0.15) is 26.3 Å². The number of halogens is 7. The Bertz CT molecular complexity index is 1570. The van der Waals surface area contributed by atoms with E-state index in [-0.39, 0.29) is 42.7 Å². The van der Waals surface area contributed by atoms with Gasteiger partial charge in [0.15, 0.2) is 0 Å². The quantitative estimate of drug-likeness (QED) is 0.274. The summed E-state index contributed by atoms with van der Waals surface area (Å²) in [7, 11) is 0. The number of hydrogen-bond donors (Lipinski definition) is 1. The lowest BCUT2D eigenvalue weighted by Gasteiger charge is -2.41. The van der Waals surface area contributed by atoms with Gasteiger partial charge in [-0.15, -0.1) is 0 Å². The summed E-state index contributed by atoms with van der Waals surface area (Å²) in [5.41, 5.74) is 0.404. The SMILES string of the molecule is Cc1ccc(NC(=O)[C@H]2CCCN(C(=O)c3c(C)cccc3F)[C@H]2c2ccc(CN3CCCC3C(F)(F)F)cc2)cc1C(F)(F)F. The second kappa shape index (κ2) is 13.1. The van der Waals surface area contributed by atoms with Crippen molar-refractivity contribution >= 4 is 17.5 Å². The molecule has 1 N–H and O–H groups in total. The maximum absolute atomic E-state index is 15.0. The normalized spacial score (nSPS) is 21.0. The molecule has 246 valence electrons. The maximum atomic E-state index is 15.0. The minimum absolute atomic E-state index is 0.00588. The number of carbonyl (C=O) groups excluding carboxylic acids is 2. The first kappa shape index (κ1) is 33.4. The molecule has 2 aliphatic heterocycles. The molecule has 3 atom stereocenters. The number of likely N-dealkylation sites (tertiary alicyclic amines) is 2. The molecular weight excluding hydrogens is 615 g/mol. The number of amides is 2. The van der Waals surface area contributed by atoms with Gasteiger partial charge in [-0.05, 0) is 86.5 Å². The molecular formula is C34H34F7N3O2. The minimum atomic E-state index is -4.63. The van der Waals surface area contributed by atoms with Crippen molar-refractivity contribution in [2.75, 3.05) is 18.4 Å². The van der Waals surface area contributed by atoms with Crippen LogP contribution in [0.3, 0.4) is 0 Å². The van der Waals surface area contributed by atoms with Crippen LogP contribution < -0.4 is 5.32 Å². The molecule has 3 aromatic rings. The number of alkyl halides is 6. The largest absolute Gasteiger partial charge is 0.416 e. The third kappa shape index (κ3) is 7.06. The topological polar surface area (TPSA) is 52.7 Å². The van der Waals surface area contributed by atoms with E-state index in [0.29, 0.717) is 36.1 Å². The Morgan fingerprint density at radius 2 is 1.57 bits per heavy atom. The van der Waals surface area contributed by atoms with E-state index in [9.17, 15) is 40.3 Å². The number of rotatable bonds is 6. The van der Waals surface area contributed by atoms with Crippen molar-refractivity contribution in [3.63, 3.8) is 0 Å². The molecule has 2 fully saturated rings. The van der Waals surface area contributed by atoms with Gasteiger partial charge < -0.3 is 10.2 Å². The first-order valence-corrected chi connectivity index (χ1v) is 15.1. The average molecular weight is 650 g/mol. The Morgan fingerprint density at radius 1 is 0.870 bits per heavy atom. The predicted octanol–water partition coefficient (Wildman–Crippen LogP) is 8.22. The molecule has 5 nitrogen and oxygen atoms in total. The van der Waals surface area contributed by atoms with Crippen molar-refractivity contribution in [1.82, 2.24) is 9.80 Å². The fourth-order valence-electron chi connectivity index (χ4n) is 6.64. The van der Waals surface area contributed by atoms with Gasteiger partial charge in [-0.3, -0.25) is 14.5 Å². The average Bonchev–Trinajstić information content (AvgIpc) is 3.46. The van der Waals surface area contributed by atoms with Crippen molar-refractivity contribution < 1.29 is 40.3 Å². The number of benzene rings is 3. The molecule has 2 heterocycles. The summed E-state index contributed by atoms with van der Waals surface area (Å²) in [6.45, 7) is 3.46. The summed E-state index contributed by atoms with van der Waals surface area (Å²) in [5, 5.41) is 2.59. The van der Waals surface area contributed by atoms with E-state index in [2.05, 4.69) is 5.32 Å². The molecule has 46 heavy (non-hydrogen) atoms. The fourth-order valence-corrected chi connectivity index (χ4v) is 6.64. The molecule has 0 aliphatic carbocycles. The molecule has 5 rings (SSSR count). The highest BCUT2D eigenvalue weighted by atomic mass is 19.4. The van der Waals surface area contributed by atoms with Crippen LogP contribution in [0.1, 0.15) is 69.9 Å². The lowest BCUT2D eigenvalue weighted by molar-refractivity contribution is -0.177. The molecule has 0 bridgehead atoms. The van der Waals surface area contributed by atoms with E-state index in [1.54, 1.807) is 37.3 Å².